The second kappa shape index (κ2) is 10.6. The zero-order valence-electron chi connectivity index (χ0n) is 12.1. The zero-order chi connectivity index (χ0) is 14.7. The van der Waals surface area contributed by atoms with Crippen molar-refractivity contribution in [2.45, 2.75) is 46.1 Å². The Bertz CT molecular complexity index is 271. The molecule has 2 atom stereocenters. The molecule has 6 heteroatoms. The molecule has 0 aliphatic rings. The Morgan fingerprint density at radius 3 is 2.53 bits per heavy atom. The van der Waals surface area contributed by atoms with Crippen LogP contribution < -0.4 is 10.6 Å². The summed E-state index contributed by atoms with van der Waals surface area (Å²) in [5, 5.41) is 14.2. The van der Waals surface area contributed by atoms with Crippen LogP contribution in [-0.4, -0.2) is 42.9 Å². The molecule has 0 rings (SSSR count). The van der Waals surface area contributed by atoms with Crippen molar-refractivity contribution in [2.75, 3.05) is 19.8 Å². The molecule has 0 aromatic carbocycles. The number of nitrogens with one attached hydrogen (secondary N) is 2. The van der Waals surface area contributed by atoms with E-state index in [1.54, 1.807) is 6.92 Å². The highest BCUT2D eigenvalue weighted by Gasteiger charge is 2.12. The van der Waals surface area contributed by atoms with Crippen LogP contribution in [0.4, 0.5) is 4.79 Å². The number of ether oxygens (including phenoxy) is 1. The predicted molar refractivity (Wildman–Crippen MR) is 73.1 cm³/mol. The third kappa shape index (κ3) is 10.3. The summed E-state index contributed by atoms with van der Waals surface area (Å²) in [5.74, 6) is -1.10. The van der Waals surface area contributed by atoms with Crippen LogP contribution in [0.5, 0.6) is 0 Å². The fraction of sp³-hybridized carbons (Fsp3) is 0.846. The second-order valence-corrected chi connectivity index (χ2v) is 4.67. The minimum atomic E-state index is -0.769. The topological polar surface area (TPSA) is 87.7 Å². The molecular weight excluding hydrogens is 248 g/mol. The molecule has 2 amide bonds. The maximum Gasteiger partial charge on any atom is 0.315 e. The molecule has 0 spiro atoms. The van der Waals surface area contributed by atoms with E-state index in [9.17, 15) is 9.59 Å². The molecule has 0 bridgehead atoms. The van der Waals surface area contributed by atoms with Crippen molar-refractivity contribution in [2.24, 2.45) is 5.92 Å². The number of carbonyl (C=O) groups excluding carboxylic acids is 1. The number of carbonyl (C=O) groups is 2. The highest BCUT2D eigenvalue weighted by Crippen LogP contribution is 2.09. The molecule has 112 valence electrons. The van der Waals surface area contributed by atoms with Crippen molar-refractivity contribution in [1.29, 1.82) is 0 Å². The lowest BCUT2D eigenvalue weighted by Gasteiger charge is -2.15. The molecule has 0 fully saturated rings. The minimum Gasteiger partial charge on any atom is -0.481 e. The van der Waals surface area contributed by atoms with Crippen molar-refractivity contribution in [3.8, 4) is 0 Å². The Morgan fingerprint density at radius 2 is 1.95 bits per heavy atom. The van der Waals surface area contributed by atoms with Gasteiger partial charge >= 0.3 is 12.0 Å². The Hall–Kier alpha value is -1.30. The number of rotatable bonds is 10. The monoisotopic (exact) mass is 274 g/mol. The number of carboxylic acid groups (broad SMARTS) is 1. The van der Waals surface area contributed by atoms with Gasteiger partial charge in [-0.25, -0.2) is 4.79 Å². The van der Waals surface area contributed by atoms with Crippen molar-refractivity contribution in [3.63, 3.8) is 0 Å². The van der Waals surface area contributed by atoms with Gasteiger partial charge in [0.1, 0.15) is 0 Å². The lowest BCUT2D eigenvalue weighted by atomic mass is 10.0. The third-order valence-electron chi connectivity index (χ3n) is 2.81. The van der Waals surface area contributed by atoms with E-state index < -0.39 is 5.97 Å². The van der Waals surface area contributed by atoms with Crippen molar-refractivity contribution < 1.29 is 19.4 Å². The normalized spacial score (nSPS) is 13.6. The van der Waals surface area contributed by atoms with Gasteiger partial charge in [-0.1, -0.05) is 13.3 Å². The average Bonchev–Trinajstić information content (AvgIpc) is 2.34. The maximum atomic E-state index is 11.4. The summed E-state index contributed by atoms with van der Waals surface area (Å²) in [7, 11) is 0. The molecular formula is C13H26N2O4. The highest BCUT2D eigenvalue weighted by atomic mass is 16.5. The lowest BCUT2D eigenvalue weighted by Crippen LogP contribution is -2.42. The Morgan fingerprint density at radius 1 is 1.26 bits per heavy atom. The molecule has 0 saturated carbocycles. The molecule has 0 aromatic rings. The molecule has 0 heterocycles. The Kier molecular flexibility index (Phi) is 9.88. The molecule has 2 unspecified atom stereocenters. The summed E-state index contributed by atoms with van der Waals surface area (Å²) in [5.41, 5.74) is 0. The van der Waals surface area contributed by atoms with E-state index >= 15 is 0 Å². The van der Waals surface area contributed by atoms with Crippen molar-refractivity contribution in [1.82, 2.24) is 10.6 Å². The average molecular weight is 274 g/mol. The number of hydrogen-bond donors (Lipinski definition) is 3. The van der Waals surface area contributed by atoms with Crippen molar-refractivity contribution >= 4 is 12.0 Å². The first-order chi connectivity index (χ1) is 8.97. The quantitative estimate of drug-likeness (QED) is 0.528. The van der Waals surface area contributed by atoms with E-state index in [0.717, 1.165) is 12.8 Å². The van der Waals surface area contributed by atoms with E-state index in [0.29, 0.717) is 26.2 Å². The van der Waals surface area contributed by atoms with Gasteiger partial charge in [-0.05, 0) is 26.7 Å². The summed E-state index contributed by atoms with van der Waals surface area (Å²) in [6.45, 7) is 7.15. The van der Waals surface area contributed by atoms with Gasteiger partial charge in [-0.15, -0.1) is 0 Å². The summed E-state index contributed by atoms with van der Waals surface area (Å²) in [6, 6.07) is -0.174. The third-order valence-corrected chi connectivity index (χ3v) is 2.81. The van der Waals surface area contributed by atoms with Gasteiger partial charge in [0.15, 0.2) is 0 Å². The summed E-state index contributed by atoms with van der Waals surface area (Å²) in [4.78, 5) is 22.1. The number of amides is 2. The van der Waals surface area contributed by atoms with Crippen LogP contribution in [0.15, 0.2) is 0 Å². The van der Waals surface area contributed by atoms with Crippen LogP contribution >= 0.6 is 0 Å². The second-order valence-electron chi connectivity index (χ2n) is 4.67. The van der Waals surface area contributed by atoms with E-state index in [1.165, 1.54) is 0 Å². The molecule has 19 heavy (non-hydrogen) atoms. The first-order valence-electron chi connectivity index (χ1n) is 6.82. The Labute approximate surface area is 114 Å². The molecule has 0 radical (unpaired) electrons. The van der Waals surface area contributed by atoms with Crippen molar-refractivity contribution in [3.05, 3.63) is 0 Å². The summed E-state index contributed by atoms with van der Waals surface area (Å²) < 4.78 is 5.10. The first kappa shape index (κ1) is 17.7. The Balaban J connectivity index is 3.59. The van der Waals surface area contributed by atoms with Gasteiger partial charge in [-0.2, -0.15) is 0 Å². The lowest BCUT2D eigenvalue weighted by molar-refractivity contribution is -0.141. The smallest absolute Gasteiger partial charge is 0.315 e. The zero-order valence-corrected chi connectivity index (χ0v) is 12.1. The van der Waals surface area contributed by atoms with E-state index in [2.05, 4.69) is 10.6 Å². The first-order valence-corrected chi connectivity index (χ1v) is 6.82. The molecule has 6 nitrogen and oxygen atoms in total. The van der Waals surface area contributed by atoms with Crippen LogP contribution in [0.1, 0.15) is 40.0 Å². The molecule has 0 aromatic heterocycles. The molecule has 0 aliphatic carbocycles. The van der Waals surface area contributed by atoms with Gasteiger partial charge in [0, 0.05) is 19.2 Å². The minimum absolute atomic E-state index is 0.0353. The predicted octanol–water partition coefficient (Wildman–Crippen LogP) is 1.60. The van der Waals surface area contributed by atoms with E-state index in [1.807, 2.05) is 13.8 Å². The molecule has 0 saturated heterocycles. The number of hydrogen-bond acceptors (Lipinski definition) is 3. The standard InChI is InChI=1S/C13H26N2O4/c1-4-19-9-8-14-13(18)15-11(3)7-5-6-10(2)12(16)17/h10-11H,4-9H2,1-3H3,(H,16,17)(H2,14,15,18). The van der Waals surface area contributed by atoms with Gasteiger partial charge in [0.2, 0.25) is 0 Å². The van der Waals surface area contributed by atoms with Crippen LogP contribution in [0, 0.1) is 5.92 Å². The van der Waals surface area contributed by atoms with Crippen LogP contribution in [0.25, 0.3) is 0 Å². The highest BCUT2D eigenvalue weighted by molar-refractivity contribution is 5.74. The molecule has 0 aliphatic heterocycles. The van der Waals surface area contributed by atoms with Crippen LogP contribution in [0.2, 0.25) is 0 Å². The van der Waals surface area contributed by atoms with Crippen LogP contribution in [-0.2, 0) is 9.53 Å². The van der Waals surface area contributed by atoms with Gasteiger partial charge < -0.3 is 20.5 Å². The fourth-order valence-electron chi connectivity index (χ4n) is 1.58. The van der Waals surface area contributed by atoms with Gasteiger partial charge in [0.25, 0.3) is 0 Å². The van der Waals surface area contributed by atoms with Gasteiger partial charge in [0.05, 0.1) is 12.5 Å². The van der Waals surface area contributed by atoms with E-state index in [-0.39, 0.29) is 18.0 Å². The summed E-state index contributed by atoms with van der Waals surface area (Å²) >= 11 is 0. The van der Waals surface area contributed by atoms with Crippen LogP contribution in [0.3, 0.4) is 0 Å². The number of urea groups is 1. The summed E-state index contributed by atoms with van der Waals surface area (Å²) in [6.07, 6.45) is 2.19. The fourth-order valence-corrected chi connectivity index (χ4v) is 1.58. The molecule has 3 N–H and O–H groups in total. The SMILES string of the molecule is CCOCCNC(=O)NC(C)CCCC(C)C(=O)O. The number of carboxylic acids is 1. The van der Waals surface area contributed by atoms with Gasteiger partial charge in [-0.3, -0.25) is 4.79 Å². The van der Waals surface area contributed by atoms with E-state index in [4.69, 9.17) is 9.84 Å². The number of aliphatic carboxylic acids is 1. The maximum absolute atomic E-state index is 11.4. The largest absolute Gasteiger partial charge is 0.481 e.